The molecule has 1 fully saturated rings. The third-order valence-corrected chi connectivity index (χ3v) is 2.39. The number of rotatable bonds is 3. The monoisotopic (exact) mass is 188 g/mol. The van der Waals surface area contributed by atoms with Crippen LogP contribution in [0.5, 0.6) is 0 Å². The largest absolute Gasteiger partial charge is 0.353 e. The molecule has 0 aromatic carbocycles. The molecule has 0 atom stereocenters. The highest BCUT2D eigenvalue weighted by Gasteiger charge is 2.21. The summed E-state index contributed by atoms with van der Waals surface area (Å²) in [4.78, 5) is 11.1. The van der Waals surface area contributed by atoms with Gasteiger partial charge in [-0.05, 0) is 25.7 Å². The van der Waals surface area contributed by atoms with Crippen LogP contribution in [0.1, 0.15) is 32.1 Å². The van der Waals surface area contributed by atoms with Gasteiger partial charge in [0.2, 0.25) is 5.91 Å². The molecule has 1 aliphatic carbocycles. The van der Waals surface area contributed by atoms with Crippen LogP contribution in [0.15, 0.2) is 0 Å². The van der Waals surface area contributed by atoms with E-state index in [1.54, 1.807) is 0 Å². The van der Waals surface area contributed by atoms with Gasteiger partial charge in [0.05, 0.1) is 0 Å². The minimum absolute atomic E-state index is 0.00944. The predicted molar refractivity (Wildman–Crippen MR) is 49.0 cm³/mol. The fourth-order valence-corrected chi connectivity index (χ4v) is 1.63. The van der Waals surface area contributed by atoms with E-state index < -0.39 is 6.17 Å². The molecule has 3 nitrogen and oxygen atoms in total. The highest BCUT2D eigenvalue weighted by Crippen LogP contribution is 2.20. The van der Waals surface area contributed by atoms with E-state index in [4.69, 9.17) is 5.73 Å². The molecule has 1 rings (SSSR count). The summed E-state index contributed by atoms with van der Waals surface area (Å²) in [6.07, 6.45) is 2.38. The summed E-state index contributed by atoms with van der Waals surface area (Å²) in [6.45, 7) is 0.379. The van der Waals surface area contributed by atoms with E-state index in [-0.39, 0.29) is 11.9 Å². The first kappa shape index (κ1) is 10.4. The van der Waals surface area contributed by atoms with Gasteiger partial charge in [-0.15, -0.1) is 0 Å². The third kappa shape index (κ3) is 3.72. The number of hydrogen-bond acceptors (Lipinski definition) is 2. The van der Waals surface area contributed by atoms with Crippen LogP contribution in [0, 0.1) is 0 Å². The van der Waals surface area contributed by atoms with E-state index in [1.807, 2.05) is 0 Å². The molecule has 0 unspecified atom stereocenters. The van der Waals surface area contributed by atoms with E-state index in [9.17, 15) is 9.18 Å². The number of amides is 1. The van der Waals surface area contributed by atoms with Gasteiger partial charge in [0.25, 0.3) is 0 Å². The first-order valence-corrected chi connectivity index (χ1v) is 4.86. The molecule has 3 N–H and O–H groups in total. The summed E-state index contributed by atoms with van der Waals surface area (Å²) >= 11 is 0. The van der Waals surface area contributed by atoms with Crippen LogP contribution < -0.4 is 11.1 Å². The van der Waals surface area contributed by atoms with E-state index >= 15 is 0 Å². The van der Waals surface area contributed by atoms with Crippen molar-refractivity contribution in [2.45, 2.75) is 44.3 Å². The summed E-state index contributed by atoms with van der Waals surface area (Å²) < 4.78 is 12.7. The molecule has 1 amide bonds. The van der Waals surface area contributed by atoms with Crippen molar-refractivity contribution in [1.82, 2.24) is 5.32 Å². The first-order chi connectivity index (χ1) is 6.22. The van der Waals surface area contributed by atoms with Crippen molar-refractivity contribution in [2.24, 2.45) is 5.73 Å². The lowest BCUT2D eigenvalue weighted by atomic mass is 9.94. The van der Waals surface area contributed by atoms with Crippen LogP contribution >= 0.6 is 0 Å². The Labute approximate surface area is 77.9 Å². The van der Waals surface area contributed by atoms with Gasteiger partial charge < -0.3 is 11.1 Å². The van der Waals surface area contributed by atoms with Crippen LogP contribution in [-0.2, 0) is 4.79 Å². The number of carbonyl (C=O) groups is 1. The maximum Gasteiger partial charge on any atom is 0.221 e. The molecule has 0 saturated heterocycles. The van der Waals surface area contributed by atoms with E-state index in [0.29, 0.717) is 25.8 Å². The predicted octanol–water partition coefficient (Wildman–Crippen LogP) is 0.732. The molecule has 0 aliphatic heterocycles. The molecular formula is C9H17FN2O. The Hall–Kier alpha value is -0.640. The molecule has 0 aromatic heterocycles. The fraction of sp³-hybridized carbons (Fsp3) is 0.889. The molecule has 0 radical (unpaired) electrons. The topological polar surface area (TPSA) is 55.1 Å². The van der Waals surface area contributed by atoms with Crippen molar-refractivity contribution in [3.63, 3.8) is 0 Å². The second-order valence-corrected chi connectivity index (χ2v) is 3.56. The van der Waals surface area contributed by atoms with Crippen LogP contribution in [0.25, 0.3) is 0 Å². The van der Waals surface area contributed by atoms with E-state index in [0.717, 1.165) is 12.8 Å². The third-order valence-electron chi connectivity index (χ3n) is 2.39. The molecule has 0 heterocycles. The summed E-state index contributed by atoms with van der Waals surface area (Å²) in [7, 11) is 0. The molecule has 0 spiro atoms. The Bertz CT molecular complexity index is 167. The van der Waals surface area contributed by atoms with Gasteiger partial charge in [-0.1, -0.05) is 0 Å². The number of nitrogens with two attached hydrogens (primary N) is 1. The molecule has 1 saturated carbocycles. The van der Waals surface area contributed by atoms with Crippen molar-refractivity contribution in [3.8, 4) is 0 Å². The van der Waals surface area contributed by atoms with Gasteiger partial charge in [0, 0.05) is 19.0 Å². The average molecular weight is 188 g/mol. The quantitative estimate of drug-likeness (QED) is 0.686. The van der Waals surface area contributed by atoms with E-state index in [2.05, 4.69) is 5.32 Å². The minimum Gasteiger partial charge on any atom is -0.353 e. The summed E-state index contributed by atoms with van der Waals surface area (Å²) in [5, 5.41) is 2.85. The molecule has 13 heavy (non-hydrogen) atoms. The van der Waals surface area contributed by atoms with Gasteiger partial charge in [-0.3, -0.25) is 4.79 Å². The van der Waals surface area contributed by atoms with Crippen LogP contribution in [0.4, 0.5) is 4.39 Å². The first-order valence-electron chi connectivity index (χ1n) is 4.86. The summed E-state index contributed by atoms with van der Waals surface area (Å²) in [5.41, 5.74) is 5.24. The van der Waals surface area contributed by atoms with Gasteiger partial charge in [0.15, 0.2) is 0 Å². The molecule has 4 heteroatoms. The molecule has 1 aliphatic rings. The number of carbonyl (C=O) groups excluding carboxylic acids is 1. The van der Waals surface area contributed by atoms with Crippen molar-refractivity contribution in [3.05, 3.63) is 0 Å². The number of halogens is 1. The van der Waals surface area contributed by atoms with Crippen LogP contribution in [0.3, 0.4) is 0 Å². The van der Waals surface area contributed by atoms with Crippen LogP contribution in [-0.4, -0.2) is 24.7 Å². The zero-order valence-electron chi connectivity index (χ0n) is 7.76. The lowest BCUT2D eigenvalue weighted by Gasteiger charge is -2.24. The molecular weight excluding hydrogens is 171 g/mol. The van der Waals surface area contributed by atoms with Crippen molar-refractivity contribution in [1.29, 1.82) is 0 Å². The number of nitrogens with one attached hydrogen (secondary N) is 1. The summed E-state index contributed by atoms with van der Waals surface area (Å²) in [6, 6.07) is 0.172. The maximum absolute atomic E-state index is 12.7. The zero-order valence-corrected chi connectivity index (χ0v) is 7.76. The highest BCUT2D eigenvalue weighted by molar-refractivity contribution is 5.76. The molecule has 0 aromatic rings. The second-order valence-electron chi connectivity index (χ2n) is 3.56. The number of alkyl halides is 1. The Morgan fingerprint density at radius 2 is 2.00 bits per heavy atom. The number of hydrogen-bond donors (Lipinski definition) is 2. The highest BCUT2D eigenvalue weighted by atomic mass is 19.1. The van der Waals surface area contributed by atoms with Gasteiger partial charge in [0.1, 0.15) is 6.17 Å². The minimum atomic E-state index is -0.664. The zero-order chi connectivity index (χ0) is 9.68. The van der Waals surface area contributed by atoms with Crippen molar-refractivity contribution < 1.29 is 9.18 Å². The average Bonchev–Trinajstić information content (AvgIpc) is 2.09. The van der Waals surface area contributed by atoms with Gasteiger partial charge in [-0.25, -0.2) is 4.39 Å². The molecule has 76 valence electrons. The Morgan fingerprint density at radius 3 is 2.54 bits per heavy atom. The van der Waals surface area contributed by atoms with E-state index in [1.165, 1.54) is 0 Å². The Kier molecular flexibility index (Phi) is 4.15. The SMILES string of the molecule is NCCC(=O)NC1CCC(F)CC1. The van der Waals surface area contributed by atoms with Crippen molar-refractivity contribution >= 4 is 5.91 Å². The lowest BCUT2D eigenvalue weighted by molar-refractivity contribution is -0.121. The molecule has 0 bridgehead atoms. The summed E-state index contributed by atoms with van der Waals surface area (Å²) in [5.74, 6) is -0.00944. The van der Waals surface area contributed by atoms with Crippen LogP contribution in [0.2, 0.25) is 0 Å². The maximum atomic E-state index is 12.7. The van der Waals surface area contributed by atoms with Gasteiger partial charge in [-0.2, -0.15) is 0 Å². The lowest BCUT2D eigenvalue weighted by Crippen LogP contribution is -2.38. The second kappa shape index (κ2) is 5.17. The Morgan fingerprint density at radius 1 is 1.38 bits per heavy atom. The van der Waals surface area contributed by atoms with Crippen molar-refractivity contribution in [2.75, 3.05) is 6.54 Å². The normalized spacial score (nSPS) is 28.5. The fourth-order valence-electron chi connectivity index (χ4n) is 1.63. The van der Waals surface area contributed by atoms with Gasteiger partial charge >= 0.3 is 0 Å². The standard InChI is InChI=1S/C9H17FN2O/c10-7-1-3-8(4-2-7)12-9(13)5-6-11/h7-8H,1-6,11H2,(H,12,13). The smallest absolute Gasteiger partial charge is 0.221 e. The Balaban J connectivity index is 2.18.